The predicted molar refractivity (Wildman–Crippen MR) is 237 cm³/mol. The molecule has 0 amide bonds. The van der Waals surface area contributed by atoms with E-state index in [2.05, 4.69) is 102 Å². The number of hydrogen-bond donors (Lipinski definition) is 0. The van der Waals surface area contributed by atoms with Crippen molar-refractivity contribution in [3.63, 3.8) is 0 Å². The van der Waals surface area contributed by atoms with E-state index in [9.17, 15) is 5.48 Å². The van der Waals surface area contributed by atoms with Crippen LogP contribution in [0.3, 0.4) is 0 Å². The third-order valence-corrected chi connectivity index (χ3v) is 10.5. The van der Waals surface area contributed by atoms with Crippen LogP contribution in [-0.4, -0.2) is 4.57 Å². The zero-order valence-corrected chi connectivity index (χ0v) is 30.5. The summed E-state index contributed by atoms with van der Waals surface area (Å²) < 4.78 is 40.0. The van der Waals surface area contributed by atoms with Gasteiger partial charge in [0.05, 0.1) is 22.2 Å². The highest BCUT2D eigenvalue weighted by Crippen LogP contribution is 2.40. The summed E-state index contributed by atoms with van der Waals surface area (Å²) in [6.45, 7) is 0. The van der Waals surface area contributed by atoms with E-state index in [1.807, 2.05) is 114 Å². The molecule has 0 N–H and O–H groups in total. The van der Waals surface area contributed by atoms with E-state index in [1.54, 1.807) is 0 Å². The van der Waals surface area contributed by atoms with E-state index >= 15 is 0 Å². The van der Waals surface area contributed by atoms with Gasteiger partial charge in [-0.15, -0.1) is 0 Å². The van der Waals surface area contributed by atoms with Gasteiger partial charge < -0.3 is 9.47 Å². The lowest BCUT2D eigenvalue weighted by Gasteiger charge is -2.26. The van der Waals surface area contributed by atoms with Gasteiger partial charge in [0.25, 0.3) is 0 Å². The molecule has 0 fully saturated rings. The van der Waals surface area contributed by atoms with Crippen LogP contribution < -0.4 is 4.90 Å². The average Bonchev–Trinajstić information content (AvgIpc) is 3.65. The minimum atomic E-state index is -0.119. The minimum Gasteiger partial charge on any atom is -0.311 e. The van der Waals surface area contributed by atoms with Gasteiger partial charge in [0.2, 0.25) is 0 Å². The third-order valence-electron chi connectivity index (χ3n) is 10.5. The molecule has 0 unspecified atom stereocenters. The van der Waals surface area contributed by atoms with Crippen LogP contribution in [0.1, 0.15) is 5.48 Å². The number of rotatable bonds is 8. The molecule has 0 spiro atoms. The summed E-state index contributed by atoms with van der Waals surface area (Å²) in [5, 5.41) is 2.39. The quantitative estimate of drug-likeness (QED) is 0.152. The molecule has 1 heterocycles. The topological polar surface area (TPSA) is 8.17 Å². The molecule has 56 heavy (non-hydrogen) atoms. The smallest absolute Gasteiger partial charge is 0.0645 e. The van der Waals surface area contributed by atoms with Gasteiger partial charge in [-0.1, -0.05) is 176 Å². The first-order chi connectivity index (χ1) is 29.5. The number of fused-ring (bicyclic) bond motifs is 3. The predicted octanol–water partition coefficient (Wildman–Crippen LogP) is 14.9. The summed E-state index contributed by atoms with van der Waals surface area (Å²) in [7, 11) is 0. The Bertz CT molecular complexity index is 3080. The number of nitrogens with zero attached hydrogens (tertiary/aromatic N) is 2. The van der Waals surface area contributed by atoms with Gasteiger partial charge in [-0.05, 0) is 93.5 Å². The van der Waals surface area contributed by atoms with E-state index in [0.717, 1.165) is 50.1 Å². The van der Waals surface area contributed by atoms with Crippen LogP contribution in [0.25, 0.3) is 72.0 Å². The van der Waals surface area contributed by atoms with Gasteiger partial charge in [0, 0.05) is 33.4 Å². The van der Waals surface area contributed by atoms with Crippen LogP contribution >= 0.6 is 0 Å². The molecule has 0 atom stereocenters. The van der Waals surface area contributed by atoms with Crippen molar-refractivity contribution in [1.29, 1.82) is 0 Å². The van der Waals surface area contributed by atoms with E-state index in [1.165, 1.54) is 10.8 Å². The Morgan fingerprint density at radius 3 is 1.23 bits per heavy atom. The second-order valence-electron chi connectivity index (χ2n) is 13.8. The van der Waals surface area contributed by atoms with Crippen molar-refractivity contribution in [2.75, 3.05) is 4.90 Å². The van der Waals surface area contributed by atoms with E-state index in [0.29, 0.717) is 16.9 Å². The van der Waals surface area contributed by atoms with Crippen LogP contribution in [0.2, 0.25) is 0 Å². The normalized spacial score (nSPS) is 12.2. The number of benzene rings is 9. The molecule has 2 nitrogen and oxygen atoms in total. The lowest BCUT2D eigenvalue weighted by molar-refractivity contribution is 1.18. The molecule has 2 heteroatoms. The fourth-order valence-electron chi connectivity index (χ4n) is 7.75. The fourth-order valence-corrected chi connectivity index (χ4v) is 7.75. The second-order valence-corrected chi connectivity index (χ2v) is 13.8. The van der Waals surface area contributed by atoms with E-state index < -0.39 is 0 Å². The third kappa shape index (κ3) is 6.14. The van der Waals surface area contributed by atoms with Crippen LogP contribution in [0.15, 0.2) is 230 Å². The molecule has 0 aliphatic rings. The molecule has 10 rings (SSSR count). The molecule has 0 bridgehead atoms. The maximum atomic E-state index is 9.49. The molecule has 0 saturated carbocycles. The SMILES string of the molecule is [2H]c1c([2H])c(N(c2ccc(-c3ccccc3)cc2)c2ccc(-c3ccccc3-n3c4ccccc4c4ccccc43)cc2)c([2H])c([2H])c1-c1ccc(-c2ccccc2)cc1. The van der Waals surface area contributed by atoms with Crippen LogP contribution in [0.5, 0.6) is 0 Å². The van der Waals surface area contributed by atoms with E-state index in [4.69, 9.17) is 0 Å². The number of anilines is 3. The Morgan fingerprint density at radius 1 is 0.304 bits per heavy atom. The second kappa shape index (κ2) is 14.4. The standard InChI is InChI=1S/C54H38N2/c1-3-13-39(14-4-1)41-23-25-42(26-24-41)44-29-35-47(36-30-44)55(46-33-27-43(28-34-46)40-15-5-2-6-16-40)48-37-31-45(32-38-48)49-17-7-10-20-52(49)56-53-21-11-8-18-50(53)51-19-9-12-22-54(51)56/h1-38H/i29D,30D,35D,36D. The highest BCUT2D eigenvalue weighted by Gasteiger charge is 2.17. The zero-order valence-electron chi connectivity index (χ0n) is 34.5. The number of hydrogen-bond acceptors (Lipinski definition) is 1. The molecule has 0 saturated heterocycles. The number of para-hydroxylation sites is 3. The van der Waals surface area contributed by atoms with Crippen molar-refractivity contribution in [1.82, 2.24) is 4.57 Å². The monoisotopic (exact) mass is 718 g/mol. The summed E-state index contributed by atoms with van der Waals surface area (Å²) >= 11 is 0. The van der Waals surface area contributed by atoms with Crippen molar-refractivity contribution in [3.8, 4) is 50.2 Å². The summed E-state index contributed by atoms with van der Waals surface area (Å²) in [5.74, 6) is 0. The lowest BCUT2D eigenvalue weighted by Crippen LogP contribution is -2.09. The van der Waals surface area contributed by atoms with Crippen molar-refractivity contribution in [2.45, 2.75) is 0 Å². The first-order valence-electron chi connectivity index (χ1n) is 20.9. The first-order valence-corrected chi connectivity index (χ1v) is 18.9. The zero-order chi connectivity index (χ0) is 40.7. The maximum Gasteiger partial charge on any atom is 0.0645 e. The Kier molecular flexibility index (Phi) is 7.47. The maximum absolute atomic E-state index is 9.49. The molecule has 9 aromatic carbocycles. The van der Waals surface area contributed by atoms with Crippen molar-refractivity contribution in [3.05, 3.63) is 230 Å². The van der Waals surface area contributed by atoms with E-state index in [-0.39, 0.29) is 35.4 Å². The van der Waals surface area contributed by atoms with Gasteiger partial charge in [-0.25, -0.2) is 0 Å². The van der Waals surface area contributed by atoms with Crippen LogP contribution in [0, 0.1) is 0 Å². The van der Waals surface area contributed by atoms with Crippen molar-refractivity contribution in [2.24, 2.45) is 0 Å². The molecule has 0 radical (unpaired) electrons. The largest absolute Gasteiger partial charge is 0.311 e. The van der Waals surface area contributed by atoms with Crippen LogP contribution in [-0.2, 0) is 0 Å². The van der Waals surface area contributed by atoms with Crippen molar-refractivity contribution < 1.29 is 5.48 Å². The molecule has 1 aromatic heterocycles. The first kappa shape index (κ1) is 29.0. The van der Waals surface area contributed by atoms with Gasteiger partial charge in [0.15, 0.2) is 0 Å². The highest BCUT2D eigenvalue weighted by molar-refractivity contribution is 6.09. The summed E-state index contributed by atoms with van der Waals surface area (Å²) in [6, 6.07) is 69.1. The number of aromatic nitrogens is 1. The molecule has 10 aromatic rings. The summed E-state index contributed by atoms with van der Waals surface area (Å²) in [4.78, 5) is 1.85. The molecule has 0 aliphatic carbocycles. The Morgan fingerprint density at radius 2 is 0.696 bits per heavy atom. The minimum absolute atomic E-state index is 0.0962. The molecule has 264 valence electrons. The van der Waals surface area contributed by atoms with Gasteiger partial charge in [-0.3, -0.25) is 0 Å². The Hall–Kier alpha value is -7.42. The summed E-state index contributed by atoms with van der Waals surface area (Å²) in [6.07, 6.45) is 0. The lowest BCUT2D eigenvalue weighted by atomic mass is 10.00. The van der Waals surface area contributed by atoms with Gasteiger partial charge in [-0.2, -0.15) is 0 Å². The molecule has 0 aliphatic heterocycles. The Labute approximate surface area is 333 Å². The van der Waals surface area contributed by atoms with Crippen molar-refractivity contribution >= 4 is 38.9 Å². The highest BCUT2D eigenvalue weighted by atomic mass is 15.1. The van der Waals surface area contributed by atoms with Gasteiger partial charge in [0.1, 0.15) is 0 Å². The Balaban J connectivity index is 1.09. The molecular weight excluding hydrogens is 677 g/mol. The summed E-state index contributed by atoms with van der Waals surface area (Å²) in [5.41, 5.74) is 12.1. The van der Waals surface area contributed by atoms with Crippen LogP contribution in [0.4, 0.5) is 17.1 Å². The van der Waals surface area contributed by atoms with Gasteiger partial charge >= 0.3 is 0 Å². The fraction of sp³-hybridized carbons (Fsp3) is 0. The average molecular weight is 719 g/mol. The molecular formula is C54H38N2.